The molecule has 1 amide bonds. The predicted octanol–water partition coefficient (Wildman–Crippen LogP) is 3.04. The number of rotatable bonds is 12. The summed E-state index contributed by atoms with van der Waals surface area (Å²) in [5, 5.41) is 15.2. The number of carbonyl (C=O) groups excluding carboxylic acids is 1. The van der Waals surface area contributed by atoms with Crippen molar-refractivity contribution in [2.24, 2.45) is 17.8 Å². The van der Waals surface area contributed by atoms with E-state index < -0.39 is 12.0 Å². The maximum Gasteiger partial charge on any atom is 0.320 e. The minimum absolute atomic E-state index is 0.0596. The van der Waals surface area contributed by atoms with Gasteiger partial charge in [-0.3, -0.25) is 9.59 Å². The maximum absolute atomic E-state index is 12.3. The van der Waals surface area contributed by atoms with E-state index >= 15 is 0 Å². The van der Waals surface area contributed by atoms with E-state index in [-0.39, 0.29) is 17.9 Å². The Morgan fingerprint density at radius 2 is 1.61 bits per heavy atom. The Kier molecular flexibility index (Phi) is 10.9. The number of aliphatic carboxylic acids is 1. The molecule has 136 valence electrons. The van der Waals surface area contributed by atoms with Gasteiger partial charge in [-0.2, -0.15) is 0 Å². The topological polar surface area (TPSA) is 78.4 Å². The number of hydrogen-bond acceptors (Lipinski definition) is 3. The van der Waals surface area contributed by atoms with Crippen LogP contribution in [0.25, 0.3) is 0 Å². The van der Waals surface area contributed by atoms with Gasteiger partial charge < -0.3 is 15.7 Å². The Morgan fingerprint density at radius 1 is 1.00 bits per heavy atom. The van der Waals surface area contributed by atoms with Crippen LogP contribution in [-0.2, 0) is 9.59 Å². The fraction of sp³-hybridized carbons (Fsp3) is 0.889. The summed E-state index contributed by atoms with van der Waals surface area (Å²) in [5.74, 6) is 0.225. The first kappa shape index (κ1) is 21.9. The molecule has 0 aromatic rings. The quantitative estimate of drug-likeness (QED) is 0.481. The molecule has 0 rings (SSSR count). The first-order valence-electron chi connectivity index (χ1n) is 8.91. The number of carboxylic acid groups (broad SMARTS) is 1. The maximum atomic E-state index is 12.3. The molecule has 2 atom stereocenters. The monoisotopic (exact) mass is 328 g/mol. The van der Waals surface area contributed by atoms with Gasteiger partial charge in [-0.1, -0.05) is 41.5 Å². The number of carboxylic acids is 1. The zero-order chi connectivity index (χ0) is 18.0. The van der Waals surface area contributed by atoms with Gasteiger partial charge in [0, 0.05) is 18.5 Å². The lowest BCUT2D eigenvalue weighted by molar-refractivity contribution is -0.140. The molecular formula is C18H36N2O3. The van der Waals surface area contributed by atoms with Crippen molar-refractivity contribution in [3.63, 3.8) is 0 Å². The third-order valence-electron chi connectivity index (χ3n) is 3.92. The number of hydrogen-bond donors (Lipinski definition) is 3. The van der Waals surface area contributed by atoms with Crippen LogP contribution in [0.2, 0.25) is 0 Å². The van der Waals surface area contributed by atoms with Crippen molar-refractivity contribution in [3.8, 4) is 0 Å². The van der Waals surface area contributed by atoms with Gasteiger partial charge in [-0.05, 0) is 37.5 Å². The number of carbonyl (C=O) groups is 2. The molecule has 0 radical (unpaired) electrons. The predicted molar refractivity (Wildman–Crippen MR) is 94.3 cm³/mol. The Balaban J connectivity index is 4.09. The van der Waals surface area contributed by atoms with E-state index in [1.54, 1.807) is 0 Å². The summed E-state index contributed by atoms with van der Waals surface area (Å²) >= 11 is 0. The molecular weight excluding hydrogens is 292 g/mol. The smallest absolute Gasteiger partial charge is 0.320 e. The van der Waals surface area contributed by atoms with Crippen LogP contribution in [0.3, 0.4) is 0 Å². The van der Waals surface area contributed by atoms with Gasteiger partial charge in [0.2, 0.25) is 5.91 Å². The summed E-state index contributed by atoms with van der Waals surface area (Å²) < 4.78 is 0. The van der Waals surface area contributed by atoms with Gasteiger partial charge in [0.1, 0.15) is 6.04 Å². The Labute approximate surface area is 141 Å². The SMILES string of the molecule is CC(C)C[C@H](C(=O)NCCCC[C@H](NC(C)C)C(=O)O)C(C)C. The first-order chi connectivity index (χ1) is 10.6. The van der Waals surface area contributed by atoms with E-state index in [2.05, 4.69) is 38.3 Å². The molecule has 5 nitrogen and oxygen atoms in total. The van der Waals surface area contributed by atoms with Crippen molar-refractivity contribution in [2.75, 3.05) is 6.54 Å². The summed E-state index contributed by atoms with van der Waals surface area (Å²) in [6.45, 7) is 12.9. The van der Waals surface area contributed by atoms with Crippen molar-refractivity contribution in [3.05, 3.63) is 0 Å². The molecule has 0 heterocycles. The average Bonchev–Trinajstić information content (AvgIpc) is 2.41. The molecule has 0 aliphatic rings. The number of unbranched alkanes of at least 4 members (excludes halogenated alkanes) is 1. The van der Waals surface area contributed by atoms with Gasteiger partial charge in [0.05, 0.1) is 0 Å². The van der Waals surface area contributed by atoms with Gasteiger partial charge in [0.25, 0.3) is 0 Å². The van der Waals surface area contributed by atoms with E-state index in [0.717, 1.165) is 19.3 Å². The fourth-order valence-electron chi connectivity index (χ4n) is 2.69. The second kappa shape index (κ2) is 11.4. The Hall–Kier alpha value is -1.10. The highest BCUT2D eigenvalue weighted by molar-refractivity contribution is 5.78. The lowest BCUT2D eigenvalue weighted by Crippen LogP contribution is -2.41. The Bertz CT molecular complexity index is 354. The molecule has 0 fully saturated rings. The molecule has 0 spiro atoms. The van der Waals surface area contributed by atoms with Crippen LogP contribution in [0, 0.1) is 17.8 Å². The Morgan fingerprint density at radius 3 is 2.04 bits per heavy atom. The zero-order valence-corrected chi connectivity index (χ0v) is 15.7. The van der Waals surface area contributed by atoms with Crippen molar-refractivity contribution in [2.45, 2.75) is 79.3 Å². The highest BCUT2D eigenvalue weighted by Crippen LogP contribution is 2.20. The van der Waals surface area contributed by atoms with E-state index in [1.807, 2.05) is 13.8 Å². The summed E-state index contributed by atoms with van der Waals surface area (Å²) in [6.07, 6.45) is 3.08. The minimum Gasteiger partial charge on any atom is -0.480 e. The number of amides is 1. The summed E-state index contributed by atoms with van der Waals surface area (Å²) in [5.41, 5.74) is 0. The average molecular weight is 328 g/mol. The molecule has 0 aliphatic heterocycles. The molecule has 0 aromatic carbocycles. The van der Waals surface area contributed by atoms with Crippen LogP contribution in [0.5, 0.6) is 0 Å². The highest BCUT2D eigenvalue weighted by atomic mass is 16.4. The molecule has 0 bridgehead atoms. The standard InChI is InChI=1S/C18H36N2O3/c1-12(2)11-15(13(3)4)17(21)19-10-8-7-9-16(18(22)23)20-14(5)6/h12-16,20H,7-11H2,1-6H3,(H,19,21)(H,22,23)/t15-,16-/m0/s1. The van der Waals surface area contributed by atoms with Crippen LogP contribution in [0.4, 0.5) is 0 Å². The van der Waals surface area contributed by atoms with Crippen LogP contribution >= 0.6 is 0 Å². The fourth-order valence-corrected chi connectivity index (χ4v) is 2.69. The normalized spacial score (nSPS) is 14.3. The molecule has 5 heteroatoms. The zero-order valence-electron chi connectivity index (χ0n) is 15.7. The van der Waals surface area contributed by atoms with Crippen molar-refractivity contribution >= 4 is 11.9 Å². The van der Waals surface area contributed by atoms with Crippen LogP contribution in [0.1, 0.15) is 67.2 Å². The minimum atomic E-state index is -0.806. The molecule has 0 unspecified atom stereocenters. The van der Waals surface area contributed by atoms with Crippen LogP contribution in [0.15, 0.2) is 0 Å². The van der Waals surface area contributed by atoms with Crippen LogP contribution < -0.4 is 10.6 Å². The lowest BCUT2D eigenvalue weighted by Gasteiger charge is -2.22. The molecule has 0 saturated carbocycles. The van der Waals surface area contributed by atoms with Crippen LogP contribution in [-0.4, -0.2) is 35.6 Å². The van der Waals surface area contributed by atoms with Gasteiger partial charge in [-0.15, -0.1) is 0 Å². The lowest BCUT2D eigenvalue weighted by atomic mass is 9.87. The van der Waals surface area contributed by atoms with Crippen molar-refractivity contribution < 1.29 is 14.7 Å². The van der Waals surface area contributed by atoms with Crippen molar-refractivity contribution in [1.82, 2.24) is 10.6 Å². The first-order valence-corrected chi connectivity index (χ1v) is 8.91. The van der Waals surface area contributed by atoms with Gasteiger partial charge in [0.15, 0.2) is 0 Å². The molecule has 0 aliphatic carbocycles. The van der Waals surface area contributed by atoms with Gasteiger partial charge >= 0.3 is 5.97 Å². The molecule has 0 aromatic heterocycles. The third kappa shape index (κ3) is 10.3. The molecule has 0 saturated heterocycles. The highest BCUT2D eigenvalue weighted by Gasteiger charge is 2.23. The summed E-state index contributed by atoms with van der Waals surface area (Å²) in [7, 11) is 0. The summed E-state index contributed by atoms with van der Waals surface area (Å²) in [6, 6.07) is -0.353. The van der Waals surface area contributed by atoms with E-state index in [9.17, 15) is 9.59 Å². The number of nitrogens with one attached hydrogen (secondary N) is 2. The molecule has 3 N–H and O–H groups in total. The molecule has 23 heavy (non-hydrogen) atoms. The second-order valence-electron chi connectivity index (χ2n) is 7.48. The van der Waals surface area contributed by atoms with Crippen molar-refractivity contribution in [1.29, 1.82) is 0 Å². The van der Waals surface area contributed by atoms with E-state index in [1.165, 1.54) is 0 Å². The third-order valence-corrected chi connectivity index (χ3v) is 3.92. The second-order valence-corrected chi connectivity index (χ2v) is 7.48. The van der Waals surface area contributed by atoms with E-state index in [4.69, 9.17) is 5.11 Å². The van der Waals surface area contributed by atoms with Gasteiger partial charge in [-0.25, -0.2) is 0 Å². The summed E-state index contributed by atoms with van der Waals surface area (Å²) in [4.78, 5) is 23.4. The largest absolute Gasteiger partial charge is 0.480 e. The van der Waals surface area contributed by atoms with E-state index in [0.29, 0.717) is 24.8 Å².